The minimum atomic E-state index is -0.0390. The Morgan fingerprint density at radius 3 is 2.75 bits per heavy atom. The molecular formula is C20H20N2OS. The summed E-state index contributed by atoms with van der Waals surface area (Å²) in [5.74, 6) is 0.160. The van der Waals surface area contributed by atoms with Crippen molar-refractivity contribution in [3.8, 4) is 0 Å². The summed E-state index contributed by atoms with van der Waals surface area (Å²) in [5, 5.41) is 0. The number of amides is 1. The van der Waals surface area contributed by atoms with Gasteiger partial charge in [-0.25, -0.2) is 0 Å². The highest BCUT2D eigenvalue weighted by Crippen LogP contribution is 2.38. The monoisotopic (exact) mass is 336 g/mol. The fraction of sp³-hybridized carbons (Fsp3) is 0.300. The molecule has 2 aromatic rings. The quantitative estimate of drug-likeness (QED) is 0.752. The highest BCUT2D eigenvalue weighted by molar-refractivity contribution is 7.98. The van der Waals surface area contributed by atoms with Crippen molar-refractivity contribution in [2.75, 3.05) is 11.2 Å². The molecule has 122 valence electrons. The molecule has 1 atom stereocenters. The summed E-state index contributed by atoms with van der Waals surface area (Å²) < 4.78 is 0. The van der Waals surface area contributed by atoms with Crippen LogP contribution in [0.4, 0.5) is 11.4 Å². The Hall–Kier alpha value is -2.07. The molecular weight excluding hydrogens is 316 g/mol. The van der Waals surface area contributed by atoms with E-state index in [2.05, 4.69) is 30.5 Å². The Labute approximate surface area is 146 Å². The van der Waals surface area contributed by atoms with Crippen LogP contribution in [0, 0.1) is 5.92 Å². The Bertz CT molecular complexity index is 798. The molecule has 24 heavy (non-hydrogen) atoms. The number of hydrogen-bond donors (Lipinski definition) is 0. The molecule has 4 heteroatoms. The highest BCUT2D eigenvalue weighted by atomic mass is 32.2. The molecule has 1 fully saturated rings. The molecule has 0 spiro atoms. The van der Waals surface area contributed by atoms with Crippen molar-refractivity contribution in [3.63, 3.8) is 0 Å². The molecule has 0 N–H and O–H groups in total. The van der Waals surface area contributed by atoms with Gasteiger partial charge in [0.15, 0.2) is 0 Å². The van der Waals surface area contributed by atoms with Crippen LogP contribution in [-0.4, -0.2) is 17.9 Å². The van der Waals surface area contributed by atoms with Crippen molar-refractivity contribution in [2.45, 2.75) is 30.7 Å². The van der Waals surface area contributed by atoms with Crippen LogP contribution >= 0.6 is 11.8 Å². The number of nitrogens with zero attached hydrogens (tertiary/aromatic N) is 2. The first-order valence-corrected chi connectivity index (χ1v) is 9.59. The second kappa shape index (κ2) is 6.44. The van der Waals surface area contributed by atoms with Crippen LogP contribution in [0.3, 0.4) is 0 Å². The van der Waals surface area contributed by atoms with Crippen LogP contribution in [-0.2, 0) is 11.3 Å². The summed E-state index contributed by atoms with van der Waals surface area (Å²) in [6, 6.07) is 16.5. The van der Waals surface area contributed by atoms with Gasteiger partial charge in [0.05, 0.1) is 23.8 Å². The summed E-state index contributed by atoms with van der Waals surface area (Å²) in [5.41, 5.74) is 4.06. The van der Waals surface area contributed by atoms with Crippen molar-refractivity contribution in [1.29, 1.82) is 0 Å². The van der Waals surface area contributed by atoms with Crippen molar-refractivity contribution in [3.05, 3.63) is 54.1 Å². The van der Waals surface area contributed by atoms with Gasteiger partial charge < -0.3 is 4.90 Å². The smallest absolute Gasteiger partial charge is 0.236 e. The number of carbonyl (C=O) groups is 1. The number of hydrogen-bond acceptors (Lipinski definition) is 3. The number of carbonyl (C=O) groups excluding carboxylic acids is 1. The van der Waals surface area contributed by atoms with Crippen LogP contribution in [0.15, 0.2) is 58.4 Å². The molecule has 0 radical (unpaired) electrons. The Morgan fingerprint density at radius 1 is 1.17 bits per heavy atom. The first kappa shape index (κ1) is 15.5. The number of aliphatic imine (C=N–C) groups is 1. The Kier molecular flexibility index (Phi) is 4.15. The standard InChI is InChI=1S/C20H20N2OS/c1-24-15-11-9-14(10-12-15)13-22-19-8-3-2-6-18(19)21-17-7-4-5-16(17)20(22)23/h2-3,6,8-12,16H,4-5,7,13H2,1H3. The first-order valence-electron chi connectivity index (χ1n) is 8.37. The molecule has 4 rings (SSSR count). The van der Waals surface area contributed by atoms with E-state index in [-0.39, 0.29) is 11.8 Å². The molecule has 0 bridgehead atoms. The van der Waals surface area contributed by atoms with Gasteiger partial charge in [0.25, 0.3) is 0 Å². The number of thioether (sulfide) groups is 1. The topological polar surface area (TPSA) is 32.7 Å². The molecule has 1 aliphatic carbocycles. The van der Waals surface area contributed by atoms with Gasteiger partial charge >= 0.3 is 0 Å². The molecule has 1 amide bonds. The zero-order valence-electron chi connectivity index (χ0n) is 13.7. The summed E-state index contributed by atoms with van der Waals surface area (Å²) in [6.07, 6.45) is 5.00. The average molecular weight is 336 g/mol. The Balaban J connectivity index is 1.72. The van der Waals surface area contributed by atoms with Gasteiger partial charge in [0.1, 0.15) is 0 Å². The number of fused-ring (bicyclic) bond motifs is 2. The maximum Gasteiger partial charge on any atom is 0.236 e. The lowest BCUT2D eigenvalue weighted by atomic mass is 10.0. The molecule has 2 aromatic carbocycles. The predicted octanol–water partition coefficient (Wildman–Crippen LogP) is 4.83. The van der Waals surface area contributed by atoms with Gasteiger partial charge in [-0.05, 0) is 55.3 Å². The van der Waals surface area contributed by atoms with E-state index in [1.54, 1.807) is 11.8 Å². The molecule has 0 saturated heterocycles. The van der Waals surface area contributed by atoms with E-state index in [0.717, 1.165) is 41.9 Å². The minimum Gasteiger partial charge on any atom is -0.305 e. The van der Waals surface area contributed by atoms with Crippen molar-refractivity contribution in [2.24, 2.45) is 10.9 Å². The molecule has 1 saturated carbocycles. The second-order valence-electron chi connectivity index (χ2n) is 6.31. The molecule has 1 unspecified atom stereocenters. The molecule has 1 heterocycles. The summed E-state index contributed by atoms with van der Waals surface area (Å²) in [4.78, 5) is 21.1. The van der Waals surface area contributed by atoms with Crippen molar-refractivity contribution >= 4 is 34.8 Å². The fourth-order valence-electron chi connectivity index (χ4n) is 3.55. The molecule has 1 aliphatic heterocycles. The van der Waals surface area contributed by atoms with Crippen LogP contribution in [0.25, 0.3) is 0 Å². The van der Waals surface area contributed by atoms with Crippen LogP contribution in [0.5, 0.6) is 0 Å². The summed E-state index contributed by atoms with van der Waals surface area (Å²) >= 11 is 1.73. The normalized spacial score (nSPS) is 19.5. The molecule has 3 nitrogen and oxygen atoms in total. The van der Waals surface area contributed by atoms with Gasteiger partial charge in [0, 0.05) is 10.6 Å². The maximum absolute atomic E-state index is 13.2. The molecule has 0 aromatic heterocycles. The third-order valence-electron chi connectivity index (χ3n) is 4.83. The summed E-state index contributed by atoms with van der Waals surface area (Å²) in [7, 11) is 0. The maximum atomic E-state index is 13.2. The number of benzene rings is 2. The Morgan fingerprint density at radius 2 is 1.96 bits per heavy atom. The van der Waals surface area contributed by atoms with Crippen molar-refractivity contribution < 1.29 is 4.79 Å². The van der Waals surface area contributed by atoms with Gasteiger partial charge in [-0.15, -0.1) is 11.8 Å². The number of anilines is 1. The lowest BCUT2D eigenvalue weighted by Crippen LogP contribution is -2.36. The van der Waals surface area contributed by atoms with E-state index in [4.69, 9.17) is 4.99 Å². The zero-order chi connectivity index (χ0) is 16.5. The van der Waals surface area contributed by atoms with Crippen LogP contribution in [0.2, 0.25) is 0 Å². The number of para-hydroxylation sites is 2. The lowest BCUT2D eigenvalue weighted by Gasteiger charge is -2.25. The lowest BCUT2D eigenvalue weighted by molar-refractivity contribution is -0.120. The fourth-order valence-corrected chi connectivity index (χ4v) is 3.96. The largest absolute Gasteiger partial charge is 0.305 e. The molecule has 2 aliphatic rings. The number of rotatable bonds is 3. The van der Waals surface area contributed by atoms with E-state index < -0.39 is 0 Å². The van der Waals surface area contributed by atoms with E-state index in [1.165, 1.54) is 4.90 Å². The third-order valence-corrected chi connectivity index (χ3v) is 5.57. The van der Waals surface area contributed by atoms with E-state index in [9.17, 15) is 4.79 Å². The van der Waals surface area contributed by atoms with Crippen LogP contribution < -0.4 is 4.90 Å². The van der Waals surface area contributed by atoms with Gasteiger partial charge in [-0.3, -0.25) is 9.79 Å². The predicted molar refractivity (Wildman–Crippen MR) is 100 cm³/mol. The van der Waals surface area contributed by atoms with E-state index >= 15 is 0 Å². The first-order chi connectivity index (χ1) is 11.8. The third kappa shape index (κ3) is 2.75. The van der Waals surface area contributed by atoms with Crippen LogP contribution in [0.1, 0.15) is 24.8 Å². The van der Waals surface area contributed by atoms with Gasteiger partial charge in [-0.2, -0.15) is 0 Å². The van der Waals surface area contributed by atoms with Gasteiger partial charge in [0.2, 0.25) is 5.91 Å². The van der Waals surface area contributed by atoms with Gasteiger partial charge in [-0.1, -0.05) is 24.3 Å². The van der Waals surface area contributed by atoms with E-state index in [1.807, 2.05) is 29.2 Å². The SMILES string of the molecule is CSc1ccc(CN2C(=O)C3CCCC3=Nc3ccccc32)cc1. The summed E-state index contributed by atoms with van der Waals surface area (Å²) in [6.45, 7) is 0.601. The highest BCUT2D eigenvalue weighted by Gasteiger charge is 2.36. The minimum absolute atomic E-state index is 0.0390. The van der Waals surface area contributed by atoms with Crippen molar-refractivity contribution in [1.82, 2.24) is 0 Å². The average Bonchev–Trinajstić information content (AvgIpc) is 3.05. The second-order valence-corrected chi connectivity index (χ2v) is 7.19. The van der Waals surface area contributed by atoms with E-state index in [0.29, 0.717) is 6.54 Å². The zero-order valence-corrected chi connectivity index (χ0v) is 14.6.